The molecule has 0 unspecified atom stereocenters. The highest BCUT2D eigenvalue weighted by Gasteiger charge is 2.14. The molecule has 4 N–H and O–H groups in total. The third-order valence-electron chi connectivity index (χ3n) is 1.81. The Kier molecular flexibility index (Phi) is 5.02. The van der Waals surface area contributed by atoms with Crippen molar-refractivity contribution in [1.29, 1.82) is 0 Å². The molecule has 0 fully saturated rings. The van der Waals surface area contributed by atoms with Gasteiger partial charge >= 0.3 is 0 Å². The first-order valence-electron chi connectivity index (χ1n) is 5.47. The number of nitrogen functional groups attached to an aromatic ring is 1. The number of nitrogens with two attached hydrogens (primary N) is 1. The summed E-state index contributed by atoms with van der Waals surface area (Å²) in [5, 5.41) is 6.34. The molecule has 0 bridgehead atoms. The van der Waals surface area contributed by atoms with E-state index in [9.17, 15) is 4.79 Å². The highest BCUT2D eigenvalue weighted by molar-refractivity contribution is 7.11. The number of nitrogens with one attached hydrogen (secondary N) is 2. The SMILES string of the molecule is CCNC(=O)CNc1snc(N)c1OC(C)C. The van der Waals surface area contributed by atoms with Crippen LogP contribution in [-0.4, -0.2) is 29.5 Å². The number of aromatic nitrogens is 1. The Morgan fingerprint density at radius 1 is 1.59 bits per heavy atom. The second-order valence-electron chi connectivity index (χ2n) is 3.70. The van der Waals surface area contributed by atoms with E-state index in [0.29, 0.717) is 23.1 Å². The van der Waals surface area contributed by atoms with Gasteiger partial charge in [0.2, 0.25) is 5.91 Å². The Morgan fingerprint density at radius 3 is 2.88 bits per heavy atom. The lowest BCUT2D eigenvalue weighted by Gasteiger charge is -2.11. The number of likely N-dealkylation sites (N-methyl/N-ethyl adjacent to an activating group) is 1. The first kappa shape index (κ1) is 13.6. The standard InChI is InChI=1S/C10H18N4O2S/c1-4-12-7(15)5-13-10-8(16-6(2)3)9(11)14-17-10/h6,13H,4-5H2,1-3H3,(H2,11,14)(H,12,15). The van der Waals surface area contributed by atoms with E-state index in [1.807, 2.05) is 20.8 Å². The van der Waals surface area contributed by atoms with Crippen molar-refractivity contribution in [2.75, 3.05) is 24.1 Å². The number of nitrogens with zero attached hydrogens (tertiary/aromatic N) is 1. The van der Waals surface area contributed by atoms with Gasteiger partial charge in [0, 0.05) is 6.54 Å². The molecule has 0 atom stereocenters. The molecular formula is C10H18N4O2S. The average molecular weight is 258 g/mol. The van der Waals surface area contributed by atoms with Crippen molar-refractivity contribution in [3.8, 4) is 5.75 Å². The summed E-state index contributed by atoms with van der Waals surface area (Å²) in [4.78, 5) is 11.3. The van der Waals surface area contributed by atoms with Gasteiger partial charge in [0.25, 0.3) is 0 Å². The topological polar surface area (TPSA) is 89.3 Å². The van der Waals surface area contributed by atoms with Gasteiger partial charge in [-0.15, -0.1) is 0 Å². The van der Waals surface area contributed by atoms with E-state index < -0.39 is 0 Å². The smallest absolute Gasteiger partial charge is 0.239 e. The first-order valence-corrected chi connectivity index (χ1v) is 6.24. The molecule has 1 aromatic rings. The summed E-state index contributed by atoms with van der Waals surface area (Å²) in [6.45, 7) is 6.48. The summed E-state index contributed by atoms with van der Waals surface area (Å²) < 4.78 is 9.53. The minimum atomic E-state index is -0.0741. The second kappa shape index (κ2) is 6.29. The second-order valence-corrected chi connectivity index (χ2v) is 4.47. The van der Waals surface area contributed by atoms with Crippen molar-refractivity contribution in [3.63, 3.8) is 0 Å². The first-order chi connectivity index (χ1) is 8.04. The number of rotatable bonds is 6. The molecule has 1 amide bonds. The maximum absolute atomic E-state index is 11.3. The van der Waals surface area contributed by atoms with Gasteiger partial charge in [-0.05, 0) is 32.3 Å². The molecule has 0 aromatic carbocycles. The Morgan fingerprint density at radius 2 is 2.29 bits per heavy atom. The Bertz CT molecular complexity index is 378. The number of amides is 1. The van der Waals surface area contributed by atoms with Crippen molar-refractivity contribution >= 4 is 28.3 Å². The molecule has 0 spiro atoms. The molecule has 1 rings (SSSR count). The summed E-state index contributed by atoms with van der Waals surface area (Å²) >= 11 is 1.19. The molecule has 7 heteroatoms. The number of ether oxygens (including phenoxy) is 1. The van der Waals surface area contributed by atoms with Crippen LogP contribution in [-0.2, 0) is 4.79 Å². The molecule has 96 valence electrons. The predicted molar refractivity (Wildman–Crippen MR) is 69.5 cm³/mol. The molecule has 17 heavy (non-hydrogen) atoms. The van der Waals surface area contributed by atoms with Crippen molar-refractivity contribution in [2.24, 2.45) is 0 Å². The average Bonchev–Trinajstić information content (AvgIpc) is 2.58. The number of carbonyl (C=O) groups excluding carboxylic acids is 1. The highest BCUT2D eigenvalue weighted by atomic mass is 32.1. The van der Waals surface area contributed by atoms with Crippen LogP contribution in [0.4, 0.5) is 10.8 Å². The van der Waals surface area contributed by atoms with Crippen molar-refractivity contribution in [2.45, 2.75) is 26.9 Å². The van der Waals surface area contributed by atoms with E-state index in [-0.39, 0.29) is 18.6 Å². The van der Waals surface area contributed by atoms with Gasteiger partial charge < -0.3 is 21.1 Å². The summed E-state index contributed by atoms with van der Waals surface area (Å²) in [6, 6.07) is 0. The molecule has 1 aromatic heterocycles. The van der Waals surface area contributed by atoms with Gasteiger partial charge in [-0.25, -0.2) is 0 Å². The summed E-state index contributed by atoms with van der Waals surface area (Å²) in [5.41, 5.74) is 5.69. The Labute approximate surface area is 105 Å². The number of anilines is 2. The number of hydrogen-bond acceptors (Lipinski definition) is 6. The largest absolute Gasteiger partial charge is 0.484 e. The molecular weight excluding hydrogens is 240 g/mol. The lowest BCUT2D eigenvalue weighted by molar-refractivity contribution is -0.119. The highest BCUT2D eigenvalue weighted by Crippen LogP contribution is 2.35. The molecule has 0 aliphatic carbocycles. The fourth-order valence-corrected chi connectivity index (χ4v) is 1.82. The molecule has 6 nitrogen and oxygen atoms in total. The zero-order valence-electron chi connectivity index (χ0n) is 10.2. The zero-order chi connectivity index (χ0) is 12.8. The van der Waals surface area contributed by atoms with Crippen LogP contribution in [0.1, 0.15) is 20.8 Å². The van der Waals surface area contributed by atoms with Gasteiger partial charge in [-0.1, -0.05) is 0 Å². The minimum absolute atomic E-state index is 0.0127. The van der Waals surface area contributed by atoms with Gasteiger partial charge in [0.15, 0.2) is 16.6 Å². The molecule has 0 aliphatic rings. The molecule has 0 saturated carbocycles. The zero-order valence-corrected chi connectivity index (χ0v) is 11.1. The fourth-order valence-electron chi connectivity index (χ4n) is 1.18. The summed E-state index contributed by atoms with van der Waals surface area (Å²) in [7, 11) is 0. The Balaban J connectivity index is 2.61. The third-order valence-corrected chi connectivity index (χ3v) is 2.61. The van der Waals surface area contributed by atoms with Crippen LogP contribution in [0, 0.1) is 0 Å². The maximum atomic E-state index is 11.3. The van der Waals surface area contributed by atoms with Crippen LogP contribution in [0.25, 0.3) is 0 Å². The van der Waals surface area contributed by atoms with E-state index >= 15 is 0 Å². The lowest BCUT2D eigenvalue weighted by Crippen LogP contribution is -2.29. The van der Waals surface area contributed by atoms with Crippen LogP contribution in [0.15, 0.2) is 0 Å². The van der Waals surface area contributed by atoms with Crippen LogP contribution in [0.2, 0.25) is 0 Å². The fraction of sp³-hybridized carbons (Fsp3) is 0.600. The quantitative estimate of drug-likeness (QED) is 0.710. The number of carbonyl (C=O) groups is 1. The summed E-state index contributed by atoms with van der Waals surface area (Å²) in [5.74, 6) is 0.798. The van der Waals surface area contributed by atoms with Crippen molar-refractivity contribution < 1.29 is 9.53 Å². The maximum Gasteiger partial charge on any atom is 0.239 e. The molecule has 0 saturated heterocycles. The van der Waals surface area contributed by atoms with E-state index in [1.54, 1.807) is 0 Å². The summed E-state index contributed by atoms with van der Waals surface area (Å²) in [6.07, 6.45) is 0.0127. The lowest BCUT2D eigenvalue weighted by atomic mass is 10.4. The van der Waals surface area contributed by atoms with Crippen LogP contribution in [0.5, 0.6) is 5.75 Å². The molecule has 0 radical (unpaired) electrons. The number of hydrogen-bond donors (Lipinski definition) is 3. The van der Waals surface area contributed by atoms with Gasteiger partial charge in [-0.3, -0.25) is 4.79 Å². The molecule has 1 heterocycles. The molecule has 0 aliphatic heterocycles. The third kappa shape index (κ3) is 4.10. The van der Waals surface area contributed by atoms with Crippen LogP contribution >= 0.6 is 11.5 Å². The van der Waals surface area contributed by atoms with Crippen molar-refractivity contribution in [1.82, 2.24) is 9.69 Å². The normalized spacial score (nSPS) is 10.4. The van der Waals surface area contributed by atoms with Gasteiger partial charge in [0.05, 0.1) is 12.6 Å². The monoisotopic (exact) mass is 258 g/mol. The van der Waals surface area contributed by atoms with Gasteiger partial charge in [-0.2, -0.15) is 4.37 Å². The predicted octanol–water partition coefficient (Wildman–Crippen LogP) is 1.06. The van der Waals surface area contributed by atoms with E-state index in [2.05, 4.69) is 15.0 Å². The van der Waals surface area contributed by atoms with E-state index in [1.165, 1.54) is 11.5 Å². The van der Waals surface area contributed by atoms with E-state index in [0.717, 1.165) is 0 Å². The minimum Gasteiger partial charge on any atom is -0.484 e. The van der Waals surface area contributed by atoms with Crippen LogP contribution < -0.4 is 21.1 Å². The Hall–Kier alpha value is -1.50. The van der Waals surface area contributed by atoms with Gasteiger partial charge in [0.1, 0.15) is 0 Å². The van der Waals surface area contributed by atoms with Crippen LogP contribution in [0.3, 0.4) is 0 Å². The van der Waals surface area contributed by atoms with E-state index in [4.69, 9.17) is 10.5 Å². The van der Waals surface area contributed by atoms with Crippen molar-refractivity contribution in [3.05, 3.63) is 0 Å².